The van der Waals surface area contributed by atoms with Crippen molar-refractivity contribution in [3.05, 3.63) is 94.2 Å². The number of rotatable bonds is 7. The molecule has 0 radical (unpaired) electrons. The number of aryl methyl sites for hydroxylation is 1. The summed E-state index contributed by atoms with van der Waals surface area (Å²) in [6, 6.07) is 18.7. The topological polar surface area (TPSA) is 71.1 Å². The molecule has 28 heavy (non-hydrogen) atoms. The van der Waals surface area contributed by atoms with Crippen molar-refractivity contribution >= 4 is 33.4 Å². The van der Waals surface area contributed by atoms with Crippen LogP contribution in [0.5, 0.6) is 0 Å². The quantitative estimate of drug-likeness (QED) is 0.577. The van der Waals surface area contributed by atoms with Gasteiger partial charge in [-0.3, -0.25) is 14.6 Å². The van der Waals surface area contributed by atoms with E-state index in [1.54, 1.807) is 18.3 Å². The van der Waals surface area contributed by atoms with E-state index in [-0.39, 0.29) is 11.8 Å². The number of halogens is 1. The number of hydrogen-bond donors (Lipinski definition) is 2. The lowest BCUT2D eigenvalue weighted by Crippen LogP contribution is -2.24. The van der Waals surface area contributed by atoms with Gasteiger partial charge in [0, 0.05) is 35.5 Å². The summed E-state index contributed by atoms with van der Waals surface area (Å²) in [5, 5.41) is 5.80. The number of benzene rings is 2. The van der Waals surface area contributed by atoms with Crippen LogP contribution in [0.2, 0.25) is 0 Å². The summed E-state index contributed by atoms with van der Waals surface area (Å²) in [6.07, 6.45) is 4.16. The van der Waals surface area contributed by atoms with Crippen LogP contribution in [-0.4, -0.2) is 16.8 Å². The second kappa shape index (κ2) is 9.80. The van der Waals surface area contributed by atoms with Gasteiger partial charge in [-0.25, -0.2) is 0 Å². The molecule has 3 aromatic rings. The van der Waals surface area contributed by atoms with Crippen LogP contribution < -0.4 is 10.6 Å². The number of nitrogens with one attached hydrogen (secondary N) is 2. The minimum Gasteiger partial charge on any atom is -0.348 e. The molecule has 3 rings (SSSR count). The van der Waals surface area contributed by atoms with Crippen molar-refractivity contribution < 1.29 is 9.59 Å². The van der Waals surface area contributed by atoms with E-state index in [1.807, 2.05) is 48.5 Å². The molecule has 1 heterocycles. The molecule has 5 nitrogen and oxygen atoms in total. The molecule has 0 bridgehead atoms. The highest BCUT2D eigenvalue weighted by molar-refractivity contribution is 9.10. The Morgan fingerprint density at radius 3 is 2.43 bits per heavy atom. The number of carbonyl (C=O) groups excluding carboxylic acids is 2. The standard InChI is InChI=1S/C22H20BrN3O2/c23-19-9-3-1-6-16(19)11-12-21(27)26-20-10-4-2-7-17(20)15-25-22(28)18-8-5-13-24-14-18/h1-10,13-14H,11-12,15H2,(H,25,28)(H,26,27). The first kappa shape index (κ1) is 19.8. The Morgan fingerprint density at radius 1 is 0.929 bits per heavy atom. The first-order chi connectivity index (χ1) is 13.6. The monoisotopic (exact) mass is 437 g/mol. The lowest BCUT2D eigenvalue weighted by atomic mass is 10.1. The maximum Gasteiger partial charge on any atom is 0.253 e. The van der Waals surface area contributed by atoms with Crippen LogP contribution in [0.25, 0.3) is 0 Å². The molecule has 2 aromatic carbocycles. The Hall–Kier alpha value is -2.99. The van der Waals surface area contributed by atoms with Gasteiger partial charge in [0.05, 0.1) is 5.56 Å². The number of amides is 2. The van der Waals surface area contributed by atoms with Crippen LogP contribution >= 0.6 is 15.9 Å². The maximum atomic E-state index is 12.4. The zero-order valence-corrected chi connectivity index (χ0v) is 16.8. The van der Waals surface area contributed by atoms with Gasteiger partial charge in [0.25, 0.3) is 5.91 Å². The van der Waals surface area contributed by atoms with E-state index < -0.39 is 0 Å². The molecule has 0 aliphatic carbocycles. The van der Waals surface area contributed by atoms with Crippen molar-refractivity contribution in [3.8, 4) is 0 Å². The van der Waals surface area contributed by atoms with Crippen LogP contribution in [0.4, 0.5) is 5.69 Å². The highest BCUT2D eigenvalue weighted by Crippen LogP contribution is 2.19. The number of aromatic nitrogens is 1. The third-order valence-electron chi connectivity index (χ3n) is 4.23. The van der Waals surface area contributed by atoms with Crippen LogP contribution in [-0.2, 0) is 17.8 Å². The predicted molar refractivity (Wildman–Crippen MR) is 113 cm³/mol. The van der Waals surface area contributed by atoms with Gasteiger partial charge in [-0.05, 0) is 41.8 Å². The number of para-hydroxylation sites is 1. The number of nitrogens with zero attached hydrogens (tertiary/aromatic N) is 1. The second-order valence-electron chi connectivity index (χ2n) is 6.22. The smallest absolute Gasteiger partial charge is 0.253 e. The van der Waals surface area contributed by atoms with Gasteiger partial charge in [0.1, 0.15) is 0 Å². The minimum atomic E-state index is -0.205. The van der Waals surface area contributed by atoms with Crippen LogP contribution in [0.1, 0.15) is 27.9 Å². The minimum absolute atomic E-state index is 0.0678. The molecular formula is C22H20BrN3O2. The van der Waals surface area contributed by atoms with E-state index >= 15 is 0 Å². The summed E-state index contributed by atoms with van der Waals surface area (Å²) >= 11 is 3.50. The highest BCUT2D eigenvalue weighted by atomic mass is 79.9. The van der Waals surface area contributed by atoms with E-state index in [2.05, 4.69) is 31.5 Å². The molecule has 6 heteroatoms. The zero-order chi connectivity index (χ0) is 19.8. The number of pyridine rings is 1. The fourth-order valence-electron chi connectivity index (χ4n) is 2.73. The molecular weight excluding hydrogens is 418 g/mol. The van der Waals surface area contributed by atoms with Gasteiger partial charge in [0.2, 0.25) is 5.91 Å². The van der Waals surface area contributed by atoms with Gasteiger partial charge in [-0.15, -0.1) is 0 Å². The van der Waals surface area contributed by atoms with Crippen molar-refractivity contribution in [2.75, 3.05) is 5.32 Å². The summed E-state index contributed by atoms with van der Waals surface area (Å²) in [4.78, 5) is 28.5. The molecule has 0 spiro atoms. The maximum absolute atomic E-state index is 12.4. The van der Waals surface area contributed by atoms with Gasteiger partial charge >= 0.3 is 0 Å². The van der Waals surface area contributed by atoms with E-state index in [1.165, 1.54) is 6.20 Å². The largest absolute Gasteiger partial charge is 0.348 e. The normalized spacial score (nSPS) is 10.3. The van der Waals surface area contributed by atoms with Gasteiger partial charge in [-0.2, -0.15) is 0 Å². The molecule has 2 amide bonds. The number of carbonyl (C=O) groups is 2. The molecule has 0 aliphatic heterocycles. The molecule has 1 aromatic heterocycles. The van der Waals surface area contributed by atoms with Gasteiger partial charge in [0.15, 0.2) is 0 Å². The van der Waals surface area contributed by atoms with Crippen molar-refractivity contribution in [1.29, 1.82) is 0 Å². The average molecular weight is 438 g/mol. The van der Waals surface area contributed by atoms with E-state index in [0.717, 1.165) is 15.6 Å². The van der Waals surface area contributed by atoms with Crippen LogP contribution in [0, 0.1) is 0 Å². The van der Waals surface area contributed by atoms with Gasteiger partial charge in [-0.1, -0.05) is 52.3 Å². The summed E-state index contributed by atoms with van der Waals surface area (Å²) < 4.78 is 1.00. The fraction of sp³-hybridized carbons (Fsp3) is 0.136. The second-order valence-corrected chi connectivity index (χ2v) is 7.08. The summed E-state index contributed by atoms with van der Waals surface area (Å²) in [5.41, 5.74) is 3.13. The Morgan fingerprint density at radius 2 is 1.68 bits per heavy atom. The first-order valence-electron chi connectivity index (χ1n) is 8.93. The zero-order valence-electron chi connectivity index (χ0n) is 15.2. The summed E-state index contributed by atoms with van der Waals surface area (Å²) in [7, 11) is 0. The summed E-state index contributed by atoms with van der Waals surface area (Å²) in [6.45, 7) is 0.314. The predicted octanol–water partition coefficient (Wildman–Crippen LogP) is 4.35. The Labute approximate surface area is 172 Å². The Bertz CT molecular complexity index is 961. The molecule has 0 unspecified atom stereocenters. The molecule has 0 aliphatic rings. The third kappa shape index (κ3) is 5.50. The molecule has 2 N–H and O–H groups in total. The van der Waals surface area contributed by atoms with Crippen molar-refractivity contribution in [3.63, 3.8) is 0 Å². The van der Waals surface area contributed by atoms with Crippen molar-refractivity contribution in [2.45, 2.75) is 19.4 Å². The average Bonchev–Trinajstić information content (AvgIpc) is 2.73. The van der Waals surface area contributed by atoms with E-state index in [0.29, 0.717) is 30.6 Å². The fourth-order valence-corrected chi connectivity index (χ4v) is 3.22. The lowest BCUT2D eigenvalue weighted by Gasteiger charge is -2.12. The van der Waals surface area contributed by atoms with Crippen LogP contribution in [0.3, 0.4) is 0 Å². The molecule has 0 saturated carbocycles. The SMILES string of the molecule is O=C(CCc1ccccc1Br)Nc1ccccc1CNC(=O)c1cccnc1. The highest BCUT2D eigenvalue weighted by Gasteiger charge is 2.10. The number of anilines is 1. The molecule has 0 saturated heterocycles. The first-order valence-corrected chi connectivity index (χ1v) is 9.72. The summed E-state index contributed by atoms with van der Waals surface area (Å²) in [5.74, 6) is -0.273. The van der Waals surface area contributed by atoms with Crippen LogP contribution in [0.15, 0.2) is 77.5 Å². The Kier molecular flexibility index (Phi) is 6.92. The van der Waals surface area contributed by atoms with Crippen molar-refractivity contribution in [1.82, 2.24) is 10.3 Å². The lowest BCUT2D eigenvalue weighted by molar-refractivity contribution is -0.116. The van der Waals surface area contributed by atoms with E-state index in [4.69, 9.17) is 0 Å². The van der Waals surface area contributed by atoms with Crippen molar-refractivity contribution in [2.24, 2.45) is 0 Å². The number of hydrogen-bond acceptors (Lipinski definition) is 3. The molecule has 142 valence electrons. The molecule has 0 fully saturated rings. The Balaban J connectivity index is 1.58. The molecule has 0 atom stereocenters. The third-order valence-corrected chi connectivity index (χ3v) is 5.01. The van der Waals surface area contributed by atoms with Gasteiger partial charge < -0.3 is 10.6 Å². The van der Waals surface area contributed by atoms with E-state index in [9.17, 15) is 9.59 Å².